The second-order valence-electron chi connectivity index (χ2n) is 4.76. The highest BCUT2D eigenvalue weighted by Crippen LogP contribution is 2.30. The van der Waals surface area contributed by atoms with Crippen molar-refractivity contribution in [3.63, 3.8) is 0 Å². The van der Waals surface area contributed by atoms with Crippen molar-refractivity contribution in [2.45, 2.75) is 52.5 Å². The lowest BCUT2D eigenvalue weighted by Crippen LogP contribution is -2.43. The molecule has 1 saturated heterocycles. The number of rotatable bonds is 3. The molecule has 1 heterocycles. The largest absolute Gasteiger partial charge is 0.303 e. The van der Waals surface area contributed by atoms with Crippen LogP contribution in [0, 0.1) is 11.8 Å². The minimum absolute atomic E-state index is 0.867. The first-order valence-electron chi connectivity index (χ1n) is 5.89. The van der Waals surface area contributed by atoms with Gasteiger partial charge in [0.2, 0.25) is 0 Å². The first-order chi connectivity index (χ1) is 6.19. The zero-order chi connectivity index (χ0) is 9.84. The number of hydrogen-bond acceptors (Lipinski definition) is 1. The fourth-order valence-electron chi connectivity index (χ4n) is 2.75. The minimum Gasteiger partial charge on any atom is -0.303 e. The van der Waals surface area contributed by atoms with Gasteiger partial charge in [-0.2, -0.15) is 0 Å². The van der Waals surface area contributed by atoms with Crippen molar-refractivity contribution in [2.75, 3.05) is 13.6 Å². The van der Waals surface area contributed by atoms with Crippen molar-refractivity contribution in [3.8, 4) is 0 Å². The topological polar surface area (TPSA) is 3.24 Å². The monoisotopic (exact) mass is 183 g/mol. The third-order valence-corrected chi connectivity index (χ3v) is 3.73. The van der Waals surface area contributed by atoms with E-state index in [1.807, 2.05) is 0 Å². The molecule has 0 radical (unpaired) electrons. The van der Waals surface area contributed by atoms with E-state index in [-0.39, 0.29) is 0 Å². The van der Waals surface area contributed by atoms with E-state index in [1.54, 1.807) is 0 Å². The van der Waals surface area contributed by atoms with Gasteiger partial charge in [-0.3, -0.25) is 0 Å². The molecule has 0 spiro atoms. The molecule has 13 heavy (non-hydrogen) atoms. The Morgan fingerprint density at radius 1 is 1.31 bits per heavy atom. The molecule has 3 unspecified atom stereocenters. The quantitative estimate of drug-likeness (QED) is 0.649. The van der Waals surface area contributed by atoms with Crippen LogP contribution in [0.25, 0.3) is 0 Å². The maximum absolute atomic E-state index is 2.57. The van der Waals surface area contributed by atoms with E-state index in [4.69, 9.17) is 0 Å². The number of piperidine rings is 1. The Hall–Kier alpha value is -0.0400. The van der Waals surface area contributed by atoms with Gasteiger partial charge in [0.25, 0.3) is 0 Å². The van der Waals surface area contributed by atoms with Gasteiger partial charge in [0.1, 0.15) is 0 Å². The van der Waals surface area contributed by atoms with Gasteiger partial charge in [-0.1, -0.05) is 33.6 Å². The molecule has 1 aliphatic rings. The summed E-state index contributed by atoms with van der Waals surface area (Å²) in [6.07, 6.45) is 5.52. The molecule has 3 atom stereocenters. The van der Waals surface area contributed by atoms with Crippen LogP contribution >= 0.6 is 0 Å². The molecule has 78 valence electrons. The lowest BCUT2D eigenvalue weighted by molar-refractivity contribution is 0.0851. The van der Waals surface area contributed by atoms with Gasteiger partial charge in [-0.15, -0.1) is 0 Å². The van der Waals surface area contributed by atoms with Gasteiger partial charge in [0.15, 0.2) is 0 Å². The first-order valence-corrected chi connectivity index (χ1v) is 5.89. The molecule has 0 saturated carbocycles. The molecule has 0 amide bonds. The lowest BCUT2D eigenvalue weighted by atomic mass is 9.80. The highest BCUT2D eigenvalue weighted by Gasteiger charge is 2.29. The highest BCUT2D eigenvalue weighted by atomic mass is 15.1. The normalized spacial score (nSPS) is 36.5. The molecule has 0 aliphatic carbocycles. The van der Waals surface area contributed by atoms with Crippen molar-refractivity contribution in [1.82, 2.24) is 4.90 Å². The standard InChI is InChI=1S/C12H25N/c1-5-7-12-8-11(6-2)10(3)9-13(12)4/h10-12H,5-9H2,1-4H3. The van der Waals surface area contributed by atoms with Crippen LogP contribution in [-0.2, 0) is 0 Å². The van der Waals surface area contributed by atoms with E-state index in [0.717, 1.165) is 17.9 Å². The summed E-state index contributed by atoms with van der Waals surface area (Å²) in [5.74, 6) is 1.89. The van der Waals surface area contributed by atoms with Crippen LogP contribution in [0.2, 0.25) is 0 Å². The molecule has 1 fully saturated rings. The van der Waals surface area contributed by atoms with Gasteiger partial charge >= 0.3 is 0 Å². The van der Waals surface area contributed by atoms with E-state index in [1.165, 1.54) is 32.2 Å². The molecule has 0 aromatic rings. The van der Waals surface area contributed by atoms with Crippen LogP contribution in [0.1, 0.15) is 46.5 Å². The summed E-state index contributed by atoms with van der Waals surface area (Å²) < 4.78 is 0. The average Bonchev–Trinajstić information content (AvgIpc) is 2.10. The van der Waals surface area contributed by atoms with Crippen LogP contribution in [0.4, 0.5) is 0 Å². The Morgan fingerprint density at radius 2 is 2.00 bits per heavy atom. The van der Waals surface area contributed by atoms with Crippen molar-refractivity contribution in [3.05, 3.63) is 0 Å². The summed E-state index contributed by atoms with van der Waals surface area (Å²) in [6, 6.07) is 0.867. The molecule has 0 aromatic carbocycles. The Labute approximate surface area is 83.5 Å². The SMILES string of the molecule is CCCC1CC(CC)C(C)CN1C. The second kappa shape index (κ2) is 4.99. The molecule has 0 aromatic heterocycles. The van der Waals surface area contributed by atoms with E-state index in [0.29, 0.717) is 0 Å². The Balaban J connectivity index is 2.48. The maximum atomic E-state index is 2.57. The molecule has 1 aliphatic heterocycles. The van der Waals surface area contributed by atoms with Gasteiger partial charge < -0.3 is 4.90 Å². The van der Waals surface area contributed by atoms with Crippen LogP contribution in [0.15, 0.2) is 0 Å². The lowest BCUT2D eigenvalue weighted by Gasteiger charge is -2.41. The molecular weight excluding hydrogens is 158 g/mol. The predicted molar refractivity (Wildman–Crippen MR) is 58.9 cm³/mol. The van der Waals surface area contributed by atoms with Gasteiger partial charge in [-0.25, -0.2) is 0 Å². The minimum atomic E-state index is 0.867. The molecule has 0 bridgehead atoms. The van der Waals surface area contributed by atoms with E-state index < -0.39 is 0 Å². The number of nitrogens with zero attached hydrogens (tertiary/aromatic N) is 1. The summed E-state index contributed by atoms with van der Waals surface area (Å²) in [4.78, 5) is 2.57. The summed E-state index contributed by atoms with van der Waals surface area (Å²) in [7, 11) is 2.29. The fraction of sp³-hybridized carbons (Fsp3) is 1.00. The molecule has 1 nitrogen and oxygen atoms in total. The van der Waals surface area contributed by atoms with Crippen LogP contribution in [0.5, 0.6) is 0 Å². The van der Waals surface area contributed by atoms with Crippen LogP contribution in [0.3, 0.4) is 0 Å². The Morgan fingerprint density at radius 3 is 2.54 bits per heavy atom. The smallest absolute Gasteiger partial charge is 0.00949 e. The molecule has 0 N–H and O–H groups in total. The zero-order valence-corrected chi connectivity index (χ0v) is 9.71. The van der Waals surface area contributed by atoms with E-state index in [9.17, 15) is 0 Å². The van der Waals surface area contributed by atoms with Crippen molar-refractivity contribution >= 4 is 0 Å². The van der Waals surface area contributed by atoms with E-state index >= 15 is 0 Å². The Bertz CT molecular complexity index is 144. The second-order valence-corrected chi connectivity index (χ2v) is 4.76. The number of hydrogen-bond donors (Lipinski definition) is 0. The maximum Gasteiger partial charge on any atom is 0.00949 e. The van der Waals surface area contributed by atoms with Gasteiger partial charge in [-0.05, 0) is 31.7 Å². The first kappa shape index (κ1) is 11.0. The third-order valence-electron chi connectivity index (χ3n) is 3.73. The van der Waals surface area contributed by atoms with Crippen molar-refractivity contribution in [1.29, 1.82) is 0 Å². The summed E-state index contributed by atoms with van der Waals surface area (Å²) in [5, 5.41) is 0. The third kappa shape index (κ3) is 2.70. The fourth-order valence-corrected chi connectivity index (χ4v) is 2.75. The van der Waals surface area contributed by atoms with Crippen LogP contribution < -0.4 is 0 Å². The molecule has 1 rings (SSSR count). The molecular formula is C12H25N. The van der Waals surface area contributed by atoms with Crippen LogP contribution in [-0.4, -0.2) is 24.5 Å². The van der Waals surface area contributed by atoms with Crippen molar-refractivity contribution in [2.24, 2.45) is 11.8 Å². The van der Waals surface area contributed by atoms with Gasteiger partial charge in [0, 0.05) is 12.6 Å². The summed E-state index contributed by atoms with van der Waals surface area (Å²) >= 11 is 0. The van der Waals surface area contributed by atoms with Crippen molar-refractivity contribution < 1.29 is 0 Å². The van der Waals surface area contributed by atoms with Gasteiger partial charge in [0.05, 0.1) is 0 Å². The average molecular weight is 183 g/mol. The highest BCUT2D eigenvalue weighted by molar-refractivity contribution is 4.82. The predicted octanol–water partition coefficient (Wildman–Crippen LogP) is 3.15. The Kier molecular flexibility index (Phi) is 4.24. The summed E-state index contributed by atoms with van der Waals surface area (Å²) in [6.45, 7) is 8.36. The zero-order valence-electron chi connectivity index (χ0n) is 9.71. The summed E-state index contributed by atoms with van der Waals surface area (Å²) in [5.41, 5.74) is 0. The number of likely N-dealkylation sites (tertiary alicyclic amines) is 1. The van der Waals surface area contributed by atoms with E-state index in [2.05, 4.69) is 32.7 Å². The molecule has 1 heteroatoms.